The van der Waals surface area contributed by atoms with Crippen LogP contribution in [0.25, 0.3) is 0 Å². The van der Waals surface area contributed by atoms with Gasteiger partial charge >= 0.3 is 0 Å². The van der Waals surface area contributed by atoms with E-state index in [9.17, 15) is 4.79 Å². The lowest BCUT2D eigenvalue weighted by atomic mass is 9.90. The summed E-state index contributed by atoms with van der Waals surface area (Å²) in [4.78, 5) is 13.6. The van der Waals surface area contributed by atoms with Gasteiger partial charge in [-0.1, -0.05) is 34.1 Å². The smallest absolute Gasteiger partial charge is 0.219 e. The van der Waals surface area contributed by atoms with Gasteiger partial charge in [0.05, 0.1) is 6.10 Å². The molecule has 3 heteroatoms. The first-order chi connectivity index (χ1) is 8.30. The summed E-state index contributed by atoms with van der Waals surface area (Å²) in [5.41, 5.74) is 0.340. The van der Waals surface area contributed by atoms with Gasteiger partial charge in [-0.05, 0) is 24.7 Å². The first-order valence-electron chi connectivity index (χ1n) is 7.08. The molecule has 0 rings (SSSR count). The Morgan fingerprint density at radius 1 is 1.33 bits per heavy atom. The fourth-order valence-corrected chi connectivity index (χ4v) is 2.03. The molecule has 1 unspecified atom stereocenters. The van der Waals surface area contributed by atoms with E-state index >= 15 is 0 Å². The van der Waals surface area contributed by atoms with Crippen LogP contribution in [0.15, 0.2) is 0 Å². The van der Waals surface area contributed by atoms with Crippen molar-refractivity contribution in [2.24, 2.45) is 5.41 Å². The molecule has 0 bridgehead atoms. The maximum Gasteiger partial charge on any atom is 0.219 e. The van der Waals surface area contributed by atoms with Crippen LogP contribution < -0.4 is 0 Å². The number of hydrogen-bond donors (Lipinski definition) is 0. The van der Waals surface area contributed by atoms with E-state index in [0.29, 0.717) is 5.41 Å². The molecule has 0 aromatic heterocycles. The van der Waals surface area contributed by atoms with Gasteiger partial charge in [-0.15, -0.1) is 0 Å². The second kappa shape index (κ2) is 8.52. The van der Waals surface area contributed by atoms with E-state index in [4.69, 9.17) is 4.74 Å². The molecule has 0 radical (unpaired) electrons. The van der Waals surface area contributed by atoms with Crippen molar-refractivity contribution in [2.75, 3.05) is 20.2 Å². The minimum Gasteiger partial charge on any atom is -0.380 e. The lowest BCUT2D eigenvalue weighted by Gasteiger charge is -2.27. The summed E-state index contributed by atoms with van der Waals surface area (Å²) in [7, 11) is 1.73. The second-order valence-electron chi connectivity index (χ2n) is 6.28. The number of carbonyl (C=O) groups excluding carboxylic acids is 1. The van der Waals surface area contributed by atoms with Crippen LogP contribution in [0.1, 0.15) is 60.3 Å². The summed E-state index contributed by atoms with van der Waals surface area (Å²) in [6.45, 7) is 12.1. The van der Waals surface area contributed by atoms with Crippen molar-refractivity contribution in [1.29, 1.82) is 0 Å². The number of amides is 1. The Balaban J connectivity index is 4.18. The molecular formula is C15H31NO2. The quantitative estimate of drug-likeness (QED) is 0.666. The third-order valence-corrected chi connectivity index (χ3v) is 3.17. The molecule has 0 aromatic carbocycles. The van der Waals surface area contributed by atoms with Gasteiger partial charge in [-0.25, -0.2) is 0 Å². The summed E-state index contributed by atoms with van der Waals surface area (Å²) in [5, 5.41) is 0. The topological polar surface area (TPSA) is 29.5 Å². The number of rotatable bonds is 8. The highest BCUT2D eigenvalue weighted by Crippen LogP contribution is 2.20. The molecule has 0 heterocycles. The third kappa shape index (κ3) is 8.51. The van der Waals surface area contributed by atoms with E-state index in [2.05, 4.69) is 27.7 Å². The van der Waals surface area contributed by atoms with Crippen LogP contribution in [0.3, 0.4) is 0 Å². The molecule has 0 spiro atoms. The number of hydrogen-bond acceptors (Lipinski definition) is 2. The Kier molecular flexibility index (Phi) is 8.25. The summed E-state index contributed by atoms with van der Waals surface area (Å²) >= 11 is 0. The van der Waals surface area contributed by atoms with Gasteiger partial charge in [-0.2, -0.15) is 0 Å². The van der Waals surface area contributed by atoms with E-state index in [1.165, 1.54) is 0 Å². The molecule has 108 valence electrons. The van der Waals surface area contributed by atoms with Gasteiger partial charge in [0.2, 0.25) is 5.91 Å². The molecule has 0 saturated carbocycles. The predicted octanol–water partition coefficient (Wildman–Crippen LogP) is 3.48. The Morgan fingerprint density at radius 2 is 1.94 bits per heavy atom. The molecule has 0 fully saturated rings. The van der Waals surface area contributed by atoms with Crippen LogP contribution in [0, 0.1) is 5.41 Å². The molecule has 0 aliphatic rings. The van der Waals surface area contributed by atoms with Gasteiger partial charge in [-0.3, -0.25) is 4.79 Å². The van der Waals surface area contributed by atoms with E-state index < -0.39 is 0 Å². The molecular weight excluding hydrogens is 226 g/mol. The van der Waals surface area contributed by atoms with E-state index in [1.54, 1.807) is 14.0 Å². The molecule has 0 aliphatic carbocycles. The SMILES string of the molecule is CCCC(CN(CCCC(C)(C)C)C(C)=O)OC. The zero-order valence-corrected chi connectivity index (χ0v) is 13.1. The van der Waals surface area contributed by atoms with Gasteiger partial charge in [0.15, 0.2) is 0 Å². The van der Waals surface area contributed by atoms with Crippen molar-refractivity contribution in [3.05, 3.63) is 0 Å². The Morgan fingerprint density at radius 3 is 2.33 bits per heavy atom. The minimum absolute atomic E-state index is 0.155. The average Bonchev–Trinajstić information content (AvgIpc) is 2.24. The van der Waals surface area contributed by atoms with Crippen molar-refractivity contribution in [3.63, 3.8) is 0 Å². The molecule has 0 aromatic rings. The van der Waals surface area contributed by atoms with Crippen molar-refractivity contribution in [3.8, 4) is 0 Å². The maximum atomic E-state index is 11.6. The van der Waals surface area contributed by atoms with Gasteiger partial charge in [0.25, 0.3) is 0 Å². The van der Waals surface area contributed by atoms with Crippen molar-refractivity contribution < 1.29 is 9.53 Å². The van der Waals surface area contributed by atoms with Crippen molar-refractivity contribution in [1.82, 2.24) is 4.90 Å². The first kappa shape index (κ1) is 17.4. The summed E-state index contributed by atoms with van der Waals surface area (Å²) in [5.74, 6) is 0.155. The van der Waals surface area contributed by atoms with Crippen LogP contribution in [0.2, 0.25) is 0 Å². The molecule has 18 heavy (non-hydrogen) atoms. The van der Waals surface area contributed by atoms with E-state index in [-0.39, 0.29) is 12.0 Å². The maximum absolute atomic E-state index is 11.6. The van der Waals surface area contributed by atoms with Crippen molar-refractivity contribution in [2.45, 2.75) is 66.4 Å². The van der Waals surface area contributed by atoms with Crippen LogP contribution in [-0.4, -0.2) is 37.1 Å². The Hall–Kier alpha value is -0.570. The standard InChI is InChI=1S/C15H31NO2/c1-7-9-14(18-6)12-16(13(2)17)11-8-10-15(3,4)5/h14H,7-12H2,1-6H3. The van der Waals surface area contributed by atoms with Crippen LogP contribution in [-0.2, 0) is 9.53 Å². The van der Waals surface area contributed by atoms with E-state index in [1.807, 2.05) is 4.90 Å². The van der Waals surface area contributed by atoms with Gasteiger partial charge in [0, 0.05) is 27.1 Å². The monoisotopic (exact) mass is 257 g/mol. The second-order valence-corrected chi connectivity index (χ2v) is 6.28. The molecule has 0 aliphatic heterocycles. The first-order valence-corrected chi connectivity index (χ1v) is 7.08. The molecule has 0 saturated heterocycles. The minimum atomic E-state index is 0.155. The third-order valence-electron chi connectivity index (χ3n) is 3.17. The molecule has 1 atom stereocenters. The fourth-order valence-electron chi connectivity index (χ4n) is 2.03. The Bertz CT molecular complexity index is 233. The highest BCUT2D eigenvalue weighted by atomic mass is 16.5. The van der Waals surface area contributed by atoms with Crippen molar-refractivity contribution >= 4 is 5.91 Å². The molecule has 0 N–H and O–H groups in total. The summed E-state index contributed by atoms with van der Waals surface area (Å²) in [6.07, 6.45) is 4.48. The number of ether oxygens (including phenoxy) is 1. The highest BCUT2D eigenvalue weighted by Gasteiger charge is 2.16. The summed E-state index contributed by atoms with van der Waals surface area (Å²) in [6, 6.07) is 0. The number of nitrogens with zero attached hydrogens (tertiary/aromatic N) is 1. The predicted molar refractivity (Wildman–Crippen MR) is 76.6 cm³/mol. The van der Waals surface area contributed by atoms with E-state index in [0.717, 1.165) is 38.8 Å². The Labute approximate surface area is 113 Å². The zero-order valence-electron chi connectivity index (χ0n) is 13.1. The number of methoxy groups -OCH3 is 1. The van der Waals surface area contributed by atoms with Crippen LogP contribution in [0.5, 0.6) is 0 Å². The van der Waals surface area contributed by atoms with Crippen LogP contribution >= 0.6 is 0 Å². The fraction of sp³-hybridized carbons (Fsp3) is 0.933. The normalized spacial score (nSPS) is 13.4. The number of carbonyl (C=O) groups is 1. The van der Waals surface area contributed by atoms with Crippen LogP contribution in [0.4, 0.5) is 0 Å². The molecule has 1 amide bonds. The molecule has 3 nitrogen and oxygen atoms in total. The highest BCUT2D eigenvalue weighted by molar-refractivity contribution is 5.73. The van der Waals surface area contributed by atoms with Gasteiger partial charge in [0.1, 0.15) is 0 Å². The zero-order chi connectivity index (χ0) is 14.2. The average molecular weight is 257 g/mol. The summed E-state index contributed by atoms with van der Waals surface area (Å²) < 4.78 is 5.42. The lowest BCUT2D eigenvalue weighted by Crippen LogP contribution is -2.37. The largest absolute Gasteiger partial charge is 0.380 e. The van der Waals surface area contributed by atoms with Gasteiger partial charge < -0.3 is 9.64 Å². The lowest BCUT2D eigenvalue weighted by molar-refractivity contribution is -0.130.